The van der Waals surface area contributed by atoms with Gasteiger partial charge in [0.25, 0.3) is 11.8 Å². The summed E-state index contributed by atoms with van der Waals surface area (Å²) >= 11 is 0. The predicted molar refractivity (Wildman–Crippen MR) is 115 cm³/mol. The summed E-state index contributed by atoms with van der Waals surface area (Å²) in [6, 6.07) is 9.37. The molecule has 0 saturated carbocycles. The number of piperidine rings is 1. The van der Waals surface area contributed by atoms with Gasteiger partial charge >= 0.3 is 0 Å². The molecule has 0 aliphatic carbocycles. The number of methoxy groups -OCH3 is 3. The summed E-state index contributed by atoms with van der Waals surface area (Å²) < 4.78 is 29.3. The Morgan fingerprint density at radius 2 is 1.74 bits per heavy atom. The van der Waals surface area contributed by atoms with Crippen LogP contribution in [0.3, 0.4) is 0 Å². The molecule has 0 radical (unpaired) electrons. The highest BCUT2D eigenvalue weighted by Gasteiger charge is 2.27. The molecule has 1 aliphatic rings. The number of likely N-dealkylation sites (tertiary alicyclic amines) is 1. The molecule has 162 valence electrons. The first-order valence-electron chi connectivity index (χ1n) is 9.77. The molecule has 31 heavy (non-hydrogen) atoms. The van der Waals surface area contributed by atoms with Crippen LogP contribution in [0.2, 0.25) is 0 Å². The van der Waals surface area contributed by atoms with Crippen LogP contribution < -0.4 is 14.2 Å². The molecule has 2 amide bonds. The number of carbonyl (C=O) groups is 2. The lowest BCUT2D eigenvalue weighted by Crippen LogP contribution is -2.40. The number of hydrogen-bond acceptors (Lipinski definition) is 5. The smallest absolute Gasteiger partial charge is 0.256 e. The van der Waals surface area contributed by atoms with Gasteiger partial charge in [0.05, 0.1) is 21.3 Å². The number of hydrogen-bond donors (Lipinski definition) is 0. The second kappa shape index (κ2) is 9.93. The molecule has 1 fully saturated rings. The minimum Gasteiger partial charge on any atom is -0.493 e. The Hall–Kier alpha value is -3.61. The zero-order valence-corrected chi connectivity index (χ0v) is 17.7. The summed E-state index contributed by atoms with van der Waals surface area (Å²) in [5, 5.41) is 0. The van der Waals surface area contributed by atoms with E-state index < -0.39 is 5.91 Å². The predicted octanol–water partition coefficient (Wildman–Crippen LogP) is 4.10. The van der Waals surface area contributed by atoms with E-state index in [1.807, 2.05) is 0 Å². The average Bonchev–Trinajstić information content (AvgIpc) is 2.78. The van der Waals surface area contributed by atoms with Gasteiger partial charge in [-0.1, -0.05) is 12.1 Å². The van der Waals surface area contributed by atoms with Crippen molar-refractivity contribution in [3.63, 3.8) is 0 Å². The van der Waals surface area contributed by atoms with E-state index in [0.717, 1.165) is 0 Å². The van der Waals surface area contributed by atoms with Gasteiger partial charge in [-0.05, 0) is 60.4 Å². The first-order valence-corrected chi connectivity index (χ1v) is 9.77. The zero-order valence-electron chi connectivity index (χ0n) is 17.7. The minimum atomic E-state index is -0.440. The highest BCUT2D eigenvalue weighted by Crippen LogP contribution is 2.39. The molecule has 0 bridgehead atoms. The van der Waals surface area contributed by atoms with Crippen molar-refractivity contribution in [2.75, 3.05) is 27.9 Å². The topological polar surface area (TPSA) is 65.1 Å². The molecule has 1 saturated heterocycles. The third kappa shape index (κ3) is 5.12. The normalized spacial score (nSPS) is 15.4. The van der Waals surface area contributed by atoms with Gasteiger partial charge < -0.3 is 14.2 Å². The molecule has 0 unspecified atom stereocenters. The number of ether oxygens (including phenoxy) is 3. The molecule has 0 aromatic heterocycles. The fourth-order valence-corrected chi connectivity index (χ4v) is 3.41. The standard InChI is InChI=1S/C24H24FNO5/c1-29-20-14-17(15-21(30-2)23(20)31-3)12-18-7-5-11-26(24(18)28)22(27)10-9-16-6-4-8-19(25)13-16/h4,6,8-10,12-15H,5,7,11H2,1-3H3/b10-9+,18-12+. The lowest BCUT2D eigenvalue weighted by atomic mass is 10.00. The van der Waals surface area contributed by atoms with Gasteiger partial charge in [0, 0.05) is 18.2 Å². The molecular weight excluding hydrogens is 401 g/mol. The van der Waals surface area contributed by atoms with E-state index in [1.165, 1.54) is 50.5 Å². The SMILES string of the molecule is COc1cc(/C=C2\CCCN(C(=O)/C=C/c3cccc(F)c3)C2=O)cc(OC)c1OC. The summed E-state index contributed by atoms with van der Waals surface area (Å²) in [6.45, 7) is 0.331. The second-order valence-corrected chi connectivity index (χ2v) is 6.92. The summed E-state index contributed by atoms with van der Waals surface area (Å²) in [6.07, 6.45) is 5.71. The van der Waals surface area contributed by atoms with Gasteiger partial charge in [-0.3, -0.25) is 14.5 Å². The molecule has 0 N–H and O–H groups in total. The number of halogens is 1. The number of rotatable bonds is 6. The number of carbonyl (C=O) groups excluding carboxylic acids is 2. The van der Waals surface area contributed by atoms with Gasteiger partial charge in [0.15, 0.2) is 11.5 Å². The maximum Gasteiger partial charge on any atom is 0.256 e. The molecule has 2 aromatic rings. The third-order valence-electron chi connectivity index (χ3n) is 4.91. The fraction of sp³-hybridized carbons (Fsp3) is 0.250. The van der Waals surface area contributed by atoms with E-state index in [2.05, 4.69) is 0 Å². The zero-order chi connectivity index (χ0) is 22.4. The maximum absolute atomic E-state index is 13.3. The second-order valence-electron chi connectivity index (χ2n) is 6.92. The fourth-order valence-electron chi connectivity index (χ4n) is 3.41. The average molecular weight is 425 g/mol. The van der Waals surface area contributed by atoms with Crippen molar-refractivity contribution in [3.8, 4) is 17.2 Å². The van der Waals surface area contributed by atoms with E-state index in [-0.39, 0.29) is 11.7 Å². The Labute approximate surface area is 180 Å². The van der Waals surface area contributed by atoms with E-state index in [1.54, 1.807) is 30.3 Å². The first kappa shape index (κ1) is 22.1. The summed E-state index contributed by atoms with van der Waals surface area (Å²) in [4.78, 5) is 26.7. The van der Waals surface area contributed by atoms with Crippen LogP contribution in [0, 0.1) is 5.82 Å². The molecule has 2 aromatic carbocycles. The Morgan fingerprint density at radius 3 is 2.35 bits per heavy atom. The van der Waals surface area contributed by atoms with E-state index in [4.69, 9.17) is 14.2 Å². The number of benzene rings is 2. The van der Waals surface area contributed by atoms with Crippen LogP contribution in [0.1, 0.15) is 24.0 Å². The summed E-state index contributed by atoms with van der Waals surface area (Å²) in [5.41, 5.74) is 1.75. The van der Waals surface area contributed by atoms with Gasteiger partial charge in [-0.15, -0.1) is 0 Å². The minimum absolute atomic E-state index is 0.331. The lowest BCUT2D eigenvalue weighted by molar-refractivity contribution is -0.140. The van der Waals surface area contributed by atoms with Crippen LogP contribution in [-0.2, 0) is 9.59 Å². The van der Waals surface area contributed by atoms with Crippen molar-refractivity contribution in [2.45, 2.75) is 12.8 Å². The lowest BCUT2D eigenvalue weighted by Gasteiger charge is -2.26. The maximum atomic E-state index is 13.3. The Kier molecular flexibility index (Phi) is 7.07. The van der Waals surface area contributed by atoms with Gasteiger partial charge in [0.2, 0.25) is 5.75 Å². The Bertz CT molecular complexity index is 1020. The molecule has 0 atom stereocenters. The monoisotopic (exact) mass is 425 g/mol. The van der Waals surface area contributed by atoms with E-state index in [0.29, 0.717) is 53.3 Å². The van der Waals surface area contributed by atoms with Crippen LogP contribution in [0.4, 0.5) is 4.39 Å². The highest BCUT2D eigenvalue weighted by atomic mass is 19.1. The summed E-state index contributed by atoms with van der Waals surface area (Å²) in [5.74, 6) is 0.227. The summed E-state index contributed by atoms with van der Waals surface area (Å²) in [7, 11) is 4.56. The molecule has 6 nitrogen and oxygen atoms in total. The van der Waals surface area contributed by atoms with E-state index >= 15 is 0 Å². The van der Waals surface area contributed by atoms with Crippen molar-refractivity contribution in [1.82, 2.24) is 4.90 Å². The van der Waals surface area contributed by atoms with Crippen LogP contribution in [0.15, 0.2) is 48.0 Å². The van der Waals surface area contributed by atoms with Crippen molar-refractivity contribution in [1.29, 1.82) is 0 Å². The molecule has 3 rings (SSSR count). The van der Waals surface area contributed by atoms with E-state index in [9.17, 15) is 14.0 Å². The van der Waals surface area contributed by atoms with Crippen LogP contribution in [-0.4, -0.2) is 44.6 Å². The first-order chi connectivity index (χ1) is 15.0. The van der Waals surface area contributed by atoms with Crippen LogP contribution in [0.5, 0.6) is 17.2 Å². The largest absolute Gasteiger partial charge is 0.493 e. The van der Waals surface area contributed by atoms with Crippen LogP contribution >= 0.6 is 0 Å². The molecule has 1 aliphatic heterocycles. The van der Waals surface area contributed by atoms with Crippen molar-refractivity contribution in [3.05, 3.63) is 65.0 Å². The van der Waals surface area contributed by atoms with Gasteiger partial charge in [-0.25, -0.2) is 4.39 Å². The molecule has 1 heterocycles. The van der Waals surface area contributed by atoms with Crippen LogP contribution in [0.25, 0.3) is 12.2 Å². The molecule has 0 spiro atoms. The molecule has 7 heteroatoms. The Balaban J connectivity index is 1.83. The molecular formula is C24H24FNO5. The third-order valence-corrected chi connectivity index (χ3v) is 4.91. The highest BCUT2D eigenvalue weighted by molar-refractivity contribution is 6.11. The number of amides is 2. The van der Waals surface area contributed by atoms with Crippen molar-refractivity contribution < 1.29 is 28.2 Å². The quantitative estimate of drug-likeness (QED) is 0.652. The number of nitrogens with zero attached hydrogens (tertiary/aromatic N) is 1. The Morgan fingerprint density at radius 1 is 1.03 bits per heavy atom. The van der Waals surface area contributed by atoms with Crippen molar-refractivity contribution in [2.24, 2.45) is 0 Å². The van der Waals surface area contributed by atoms with Gasteiger partial charge in [0.1, 0.15) is 5.82 Å². The number of imide groups is 1. The van der Waals surface area contributed by atoms with Crippen molar-refractivity contribution >= 4 is 24.0 Å². The van der Waals surface area contributed by atoms with Gasteiger partial charge in [-0.2, -0.15) is 0 Å².